The molecule has 0 unspecified atom stereocenters. The molecule has 0 atom stereocenters. The summed E-state index contributed by atoms with van der Waals surface area (Å²) in [5.74, 6) is -0.166. The second kappa shape index (κ2) is 4.99. The first-order chi connectivity index (χ1) is 9.92. The van der Waals surface area contributed by atoms with Gasteiger partial charge in [0.1, 0.15) is 5.60 Å². The number of hydrogen-bond acceptors (Lipinski definition) is 3. The summed E-state index contributed by atoms with van der Waals surface area (Å²) in [6, 6.07) is 8.35. The number of carbonyl (C=O) groups excluding carboxylic acids is 1. The summed E-state index contributed by atoms with van der Waals surface area (Å²) in [5.41, 5.74) is 2.66. The molecule has 1 aliphatic carbocycles. The fourth-order valence-electron chi connectivity index (χ4n) is 3.48. The smallest absolute Gasteiger partial charge is 0.335 e. The van der Waals surface area contributed by atoms with Crippen molar-refractivity contribution in [1.29, 1.82) is 0 Å². The Balaban J connectivity index is 2.01. The van der Waals surface area contributed by atoms with Gasteiger partial charge in [0, 0.05) is 11.0 Å². The molecule has 1 heterocycles. The van der Waals surface area contributed by atoms with Crippen LogP contribution in [0.15, 0.2) is 29.8 Å². The summed E-state index contributed by atoms with van der Waals surface area (Å²) < 4.78 is 5.65. The van der Waals surface area contributed by atoms with Crippen molar-refractivity contribution in [1.82, 2.24) is 5.32 Å². The molecule has 1 aliphatic heterocycles. The first-order valence-electron chi connectivity index (χ1n) is 7.68. The number of rotatable bonds is 1. The van der Waals surface area contributed by atoms with Crippen LogP contribution in [0.5, 0.6) is 0 Å². The Morgan fingerprint density at radius 3 is 2.52 bits per heavy atom. The zero-order valence-corrected chi connectivity index (χ0v) is 13.0. The number of benzene rings is 1. The minimum absolute atomic E-state index is 0.163. The van der Waals surface area contributed by atoms with E-state index in [2.05, 4.69) is 23.5 Å². The van der Waals surface area contributed by atoms with E-state index in [9.17, 15) is 4.79 Å². The molecule has 0 radical (unpaired) electrons. The van der Waals surface area contributed by atoms with Crippen molar-refractivity contribution in [3.8, 4) is 0 Å². The van der Waals surface area contributed by atoms with E-state index in [0.29, 0.717) is 0 Å². The van der Waals surface area contributed by atoms with Crippen molar-refractivity contribution < 1.29 is 9.53 Å². The minimum atomic E-state index is -0.458. The number of fused-ring (bicyclic) bond motifs is 2. The van der Waals surface area contributed by atoms with Crippen molar-refractivity contribution >= 4 is 12.0 Å². The first kappa shape index (κ1) is 14.3. The molecule has 3 rings (SSSR count). The van der Waals surface area contributed by atoms with Crippen LogP contribution in [-0.2, 0) is 14.9 Å². The van der Waals surface area contributed by atoms with Crippen LogP contribution in [0, 0.1) is 0 Å². The summed E-state index contributed by atoms with van der Waals surface area (Å²) in [6.45, 7) is 7.64. The standard InChI is InChI=1S/C18H23NO2/c1-17(2,3)21-16(20)15-12-13-6-4-5-7-14(13)18(15)8-10-19-11-9-18/h4-7,12,19H,8-11H2,1-3H3. The molecule has 1 N–H and O–H groups in total. The van der Waals surface area contributed by atoms with Crippen LogP contribution < -0.4 is 5.32 Å². The maximum absolute atomic E-state index is 12.7. The molecule has 0 bridgehead atoms. The zero-order valence-electron chi connectivity index (χ0n) is 13.0. The highest BCUT2D eigenvalue weighted by atomic mass is 16.6. The molecule has 1 fully saturated rings. The lowest BCUT2D eigenvalue weighted by Gasteiger charge is -2.37. The Labute approximate surface area is 126 Å². The second-order valence-electron chi connectivity index (χ2n) is 6.98. The van der Waals surface area contributed by atoms with Crippen LogP contribution >= 0.6 is 0 Å². The first-order valence-corrected chi connectivity index (χ1v) is 7.68. The van der Waals surface area contributed by atoms with Crippen LogP contribution in [0.3, 0.4) is 0 Å². The summed E-state index contributed by atoms with van der Waals surface area (Å²) in [4.78, 5) is 12.7. The highest BCUT2D eigenvalue weighted by Gasteiger charge is 2.46. The van der Waals surface area contributed by atoms with E-state index in [0.717, 1.165) is 31.5 Å². The summed E-state index contributed by atoms with van der Waals surface area (Å²) >= 11 is 0. The van der Waals surface area contributed by atoms with Crippen LogP contribution in [0.25, 0.3) is 6.08 Å². The predicted octanol–water partition coefficient (Wildman–Crippen LogP) is 3.05. The Morgan fingerprint density at radius 2 is 1.86 bits per heavy atom. The largest absolute Gasteiger partial charge is 0.457 e. The van der Waals surface area contributed by atoms with Crippen LogP contribution in [0.1, 0.15) is 44.7 Å². The van der Waals surface area contributed by atoms with Crippen molar-refractivity contribution in [2.45, 2.75) is 44.6 Å². The highest BCUT2D eigenvalue weighted by molar-refractivity contribution is 6.00. The number of carbonyl (C=O) groups is 1. The van der Waals surface area contributed by atoms with Gasteiger partial charge in [-0.2, -0.15) is 0 Å². The van der Waals surface area contributed by atoms with E-state index in [4.69, 9.17) is 4.74 Å². The van der Waals surface area contributed by atoms with Gasteiger partial charge in [-0.05, 0) is 63.9 Å². The average molecular weight is 285 g/mol. The van der Waals surface area contributed by atoms with E-state index >= 15 is 0 Å². The van der Waals surface area contributed by atoms with E-state index < -0.39 is 5.60 Å². The molecule has 0 saturated carbocycles. The summed E-state index contributed by atoms with van der Waals surface area (Å²) in [6.07, 6.45) is 3.94. The molecule has 0 amide bonds. The lowest BCUT2D eigenvalue weighted by atomic mass is 9.70. The van der Waals surface area contributed by atoms with Crippen molar-refractivity contribution in [3.63, 3.8) is 0 Å². The van der Waals surface area contributed by atoms with Gasteiger partial charge in [-0.25, -0.2) is 4.79 Å². The predicted molar refractivity (Wildman–Crippen MR) is 84.0 cm³/mol. The third kappa shape index (κ3) is 2.51. The van der Waals surface area contributed by atoms with Gasteiger partial charge in [0.15, 0.2) is 0 Å². The minimum Gasteiger partial charge on any atom is -0.457 e. The van der Waals surface area contributed by atoms with E-state index in [1.165, 1.54) is 11.1 Å². The number of hydrogen-bond donors (Lipinski definition) is 1. The van der Waals surface area contributed by atoms with Crippen molar-refractivity contribution in [2.24, 2.45) is 0 Å². The maximum atomic E-state index is 12.7. The van der Waals surface area contributed by atoms with Gasteiger partial charge in [0.05, 0.1) is 0 Å². The number of piperidine rings is 1. The van der Waals surface area contributed by atoms with Crippen LogP contribution in [0.2, 0.25) is 0 Å². The summed E-state index contributed by atoms with van der Waals surface area (Å²) in [7, 11) is 0. The lowest BCUT2D eigenvalue weighted by Crippen LogP contribution is -2.43. The van der Waals surface area contributed by atoms with Gasteiger partial charge in [0.25, 0.3) is 0 Å². The molecule has 1 saturated heterocycles. The molecule has 1 aromatic carbocycles. The van der Waals surface area contributed by atoms with E-state index in [1.807, 2.05) is 32.9 Å². The topological polar surface area (TPSA) is 38.3 Å². The van der Waals surface area contributed by atoms with Crippen LogP contribution in [-0.4, -0.2) is 24.7 Å². The average Bonchev–Trinajstić information content (AvgIpc) is 2.73. The normalized spacial score (nSPS) is 20.0. The molecule has 0 aromatic heterocycles. The fraction of sp³-hybridized carbons (Fsp3) is 0.500. The Kier molecular flexibility index (Phi) is 3.40. The molecular weight excluding hydrogens is 262 g/mol. The SMILES string of the molecule is CC(C)(C)OC(=O)C1=Cc2ccccc2C12CCNCC2. The quantitative estimate of drug-likeness (QED) is 0.806. The van der Waals surface area contributed by atoms with Gasteiger partial charge in [-0.15, -0.1) is 0 Å². The number of ether oxygens (including phenoxy) is 1. The van der Waals surface area contributed by atoms with Gasteiger partial charge in [-0.3, -0.25) is 0 Å². The van der Waals surface area contributed by atoms with Gasteiger partial charge in [0.2, 0.25) is 0 Å². The molecule has 3 heteroatoms. The number of esters is 1. The molecule has 112 valence electrons. The molecule has 21 heavy (non-hydrogen) atoms. The van der Waals surface area contributed by atoms with Gasteiger partial charge in [-0.1, -0.05) is 24.3 Å². The molecule has 1 aromatic rings. The van der Waals surface area contributed by atoms with Crippen LogP contribution in [0.4, 0.5) is 0 Å². The Morgan fingerprint density at radius 1 is 1.19 bits per heavy atom. The molecular formula is C18H23NO2. The maximum Gasteiger partial charge on any atom is 0.335 e. The molecule has 1 spiro atoms. The number of nitrogens with one attached hydrogen (secondary N) is 1. The van der Waals surface area contributed by atoms with Crippen molar-refractivity contribution in [3.05, 3.63) is 41.0 Å². The second-order valence-corrected chi connectivity index (χ2v) is 6.98. The zero-order chi connectivity index (χ0) is 15.1. The Bertz CT molecular complexity index is 589. The van der Waals surface area contributed by atoms with Crippen molar-refractivity contribution in [2.75, 3.05) is 13.1 Å². The molecule has 2 aliphatic rings. The highest BCUT2D eigenvalue weighted by Crippen LogP contribution is 2.48. The lowest BCUT2D eigenvalue weighted by molar-refractivity contribution is -0.150. The third-order valence-electron chi connectivity index (χ3n) is 4.37. The van der Waals surface area contributed by atoms with Gasteiger partial charge >= 0.3 is 5.97 Å². The van der Waals surface area contributed by atoms with E-state index in [-0.39, 0.29) is 11.4 Å². The van der Waals surface area contributed by atoms with E-state index in [1.54, 1.807) is 0 Å². The fourth-order valence-corrected chi connectivity index (χ4v) is 3.48. The summed E-state index contributed by atoms with van der Waals surface area (Å²) in [5, 5.41) is 3.40. The third-order valence-corrected chi connectivity index (χ3v) is 4.37. The molecule has 3 nitrogen and oxygen atoms in total. The monoisotopic (exact) mass is 285 g/mol. The Hall–Kier alpha value is -1.61. The van der Waals surface area contributed by atoms with Gasteiger partial charge < -0.3 is 10.1 Å².